The second-order valence-corrected chi connectivity index (χ2v) is 3.82. The zero-order valence-electron chi connectivity index (χ0n) is 6.79. The Kier molecular flexibility index (Phi) is 1.14. The molecule has 1 saturated heterocycles. The highest BCUT2D eigenvalue weighted by Gasteiger charge is 2.49. The molecule has 3 rings (SSSR count). The van der Waals surface area contributed by atoms with Crippen LogP contribution in [0.25, 0.3) is 0 Å². The van der Waals surface area contributed by atoms with E-state index in [0.29, 0.717) is 0 Å². The normalized spacial score (nSPS) is 39.2. The van der Waals surface area contributed by atoms with E-state index in [0.717, 1.165) is 24.8 Å². The van der Waals surface area contributed by atoms with Gasteiger partial charge in [0, 0.05) is 0 Å². The Morgan fingerprint density at radius 3 is 3.17 bits per heavy atom. The van der Waals surface area contributed by atoms with Crippen LogP contribution in [0.4, 0.5) is 0 Å². The summed E-state index contributed by atoms with van der Waals surface area (Å²) in [5, 5.41) is 7.13. The lowest BCUT2D eigenvalue weighted by atomic mass is 9.99. The molecule has 0 radical (unpaired) electrons. The van der Waals surface area contributed by atoms with Gasteiger partial charge in [-0.15, -0.1) is 0 Å². The van der Waals surface area contributed by atoms with Crippen molar-refractivity contribution in [2.24, 2.45) is 5.92 Å². The molecule has 1 aromatic rings. The van der Waals surface area contributed by atoms with Crippen LogP contribution >= 0.6 is 0 Å². The molecule has 4 heteroatoms. The van der Waals surface area contributed by atoms with E-state index < -0.39 is 0 Å². The minimum atomic E-state index is 0.0428. The lowest BCUT2D eigenvalue weighted by Crippen LogP contribution is -2.37. The van der Waals surface area contributed by atoms with E-state index in [1.165, 1.54) is 19.2 Å². The maximum atomic E-state index is 5.11. The maximum Gasteiger partial charge on any atom is 0.246 e. The van der Waals surface area contributed by atoms with Crippen LogP contribution < -0.4 is 5.32 Å². The molecular weight excluding hydrogens is 154 g/mol. The first-order valence-electron chi connectivity index (χ1n) is 4.41. The topological polar surface area (TPSA) is 51.0 Å². The van der Waals surface area contributed by atoms with E-state index in [9.17, 15) is 0 Å². The van der Waals surface area contributed by atoms with Crippen LogP contribution in [0.3, 0.4) is 0 Å². The van der Waals surface area contributed by atoms with E-state index in [4.69, 9.17) is 4.52 Å². The summed E-state index contributed by atoms with van der Waals surface area (Å²) in [7, 11) is 0. The number of nitrogens with zero attached hydrogens (tertiary/aromatic N) is 2. The molecule has 2 bridgehead atoms. The standard InChI is InChI=1S/C8H11N3O/c1-2-8(3-6(1)4-10-8)7-9-5-11-12-7/h5-6,10H,1-4H2. The summed E-state index contributed by atoms with van der Waals surface area (Å²) in [5.41, 5.74) is 0.0428. The van der Waals surface area contributed by atoms with Crippen molar-refractivity contribution in [1.29, 1.82) is 0 Å². The number of piperidine rings is 1. The Morgan fingerprint density at radius 2 is 2.67 bits per heavy atom. The summed E-state index contributed by atoms with van der Waals surface area (Å²) in [4.78, 5) is 4.13. The van der Waals surface area contributed by atoms with Gasteiger partial charge in [0.1, 0.15) is 0 Å². The molecular formula is C8H11N3O. The van der Waals surface area contributed by atoms with Crippen molar-refractivity contribution in [3.63, 3.8) is 0 Å². The summed E-state index contributed by atoms with van der Waals surface area (Å²) >= 11 is 0. The van der Waals surface area contributed by atoms with Gasteiger partial charge in [-0.25, -0.2) is 0 Å². The fraction of sp³-hybridized carbons (Fsp3) is 0.750. The van der Waals surface area contributed by atoms with Crippen molar-refractivity contribution in [2.75, 3.05) is 6.54 Å². The first kappa shape index (κ1) is 6.60. The van der Waals surface area contributed by atoms with Crippen LogP contribution in [-0.2, 0) is 5.54 Å². The zero-order chi connectivity index (χ0) is 8.02. The highest BCUT2D eigenvalue weighted by Crippen LogP contribution is 2.45. The molecule has 4 nitrogen and oxygen atoms in total. The molecule has 1 aromatic heterocycles. The van der Waals surface area contributed by atoms with E-state index in [2.05, 4.69) is 15.5 Å². The van der Waals surface area contributed by atoms with Gasteiger partial charge in [-0.3, -0.25) is 0 Å². The van der Waals surface area contributed by atoms with Crippen LogP contribution in [0, 0.1) is 5.92 Å². The van der Waals surface area contributed by atoms with E-state index in [1.54, 1.807) is 0 Å². The van der Waals surface area contributed by atoms with Gasteiger partial charge in [0.2, 0.25) is 5.89 Å². The van der Waals surface area contributed by atoms with Crippen molar-refractivity contribution >= 4 is 0 Å². The van der Waals surface area contributed by atoms with Crippen molar-refractivity contribution < 1.29 is 4.52 Å². The third-order valence-electron chi connectivity index (χ3n) is 3.12. The quantitative estimate of drug-likeness (QED) is 0.664. The minimum absolute atomic E-state index is 0.0428. The summed E-state index contributed by atoms with van der Waals surface area (Å²) in [6, 6.07) is 0. The highest BCUT2D eigenvalue weighted by atomic mass is 16.5. The molecule has 0 aromatic carbocycles. The van der Waals surface area contributed by atoms with Crippen molar-refractivity contribution in [3.8, 4) is 0 Å². The highest BCUT2D eigenvalue weighted by molar-refractivity contribution is 5.11. The molecule has 2 unspecified atom stereocenters. The summed E-state index contributed by atoms with van der Waals surface area (Å²) in [6.07, 6.45) is 5.11. The second kappa shape index (κ2) is 2.07. The first-order chi connectivity index (χ1) is 5.89. The number of nitrogens with one attached hydrogen (secondary N) is 1. The fourth-order valence-electron chi connectivity index (χ4n) is 2.48. The SMILES string of the molecule is c1noc(C23CCC(CN2)C3)n1. The molecule has 1 N–H and O–H groups in total. The molecule has 64 valence electrons. The van der Waals surface area contributed by atoms with Crippen LogP contribution in [0.5, 0.6) is 0 Å². The van der Waals surface area contributed by atoms with E-state index >= 15 is 0 Å². The van der Waals surface area contributed by atoms with Crippen molar-refractivity contribution in [1.82, 2.24) is 15.5 Å². The van der Waals surface area contributed by atoms with Crippen molar-refractivity contribution in [2.45, 2.75) is 24.8 Å². The predicted molar refractivity (Wildman–Crippen MR) is 41.3 cm³/mol. The summed E-state index contributed by atoms with van der Waals surface area (Å²) < 4.78 is 5.11. The fourth-order valence-corrected chi connectivity index (χ4v) is 2.48. The van der Waals surface area contributed by atoms with Gasteiger partial charge >= 0.3 is 0 Å². The third kappa shape index (κ3) is 0.705. The molecule has 2 fully saturated rings. The molecule has 2 heterocycles. The van der Waals surface area contributed by atoms with Gasteiger partial charge in [-0.2, -0.15) is 4.98 Å². The Balaban J connectivity index is 2.01. The molecule has 2 aliphatic rings. The number of hydrogen-bond donors (Lipinski definition) is 1. The van der Waals surface area contributed by atoms with Gasteiger partial charge in [-0.1, -0.05) is 5.16 Å². The van der Waals surface area contributed by atoms with Crippen LogP contribution in [-0.4, -0.2) is 16.7 Å². The maximum absolute atomic E-state index is 5.11. The number of rotatable bonds is 1. The largest absolute Gasteiger partial charge is 0.338 e. The van der Waals surface area contributed by atoms with Crippen LogP contribution in [0.1, 0.15) is 25.2 Å². The molecule has 12 heavy (non-hydrogen) atoms. The Labute approximate surface area is 70.3 Å². The van der Waals surface area contributed by atoms with Gasteiger partial charge < -0.3 is 9.84 Å². The zero-order valence-corrected chi connectivity index (χ0v) is 6.79. The lowest BCUT2D eigenvalue weighted by Gasteiger charge is -2.22. The number of fused-ring (bicyclic) bond motifs is 2. The minimum Gasteiger partial charge on any atom is -0.338 e. The molecule has 1 saturated carbocycles. The summed E-state index contributed by atoms with van der Waals surface area (Å²) in [6.45, 7) is 1.11. The third-order valence-corrected chi connectivity index (χ3v) is 3.12. The van der Waals surface area contributed by atoms with Crippen LogP contribution in [0.15, 0.2) is 10.9 Å². The molecule has 1 aliphatic carbocycles. The van der Waals surface area contributed by atoms with E-state index in [-0.39, 0.29) is 5.54 Å². The number of aromatic nitrogens is 2. The van der Waals surface area contributed by atoms with E-state index in [1.807, 2.05) is 0 Å². The smallest absolute Gasteiger partial charge is 0.246 e. The first-order valence-corrected chi connectivity index (χ1v) is 4.41. The average molecular weight is 165 g/mol. The molecule has 0 spiro atoms. The Bertz CT molecular complexity index is 275. The van der Waals surface area contributed by atoms with Gasteiger partial charge in [0.25, 0.3) is 0 Å². The van der Waals surface area contributed by atoms with Gasteiger partial charge in [0.15, 0.2) is 6.33 Å². The second-order valence-electron chi connectivity index (χ2n) is 3.82. The predicted octanol–water partition coefficient (Wildman–Crippen LogP) is 0.668. The van der Waals surface area contributed by atoms with Crippen molar-refractivity contribution in [3.05, 3.63) is 12.2 Å². The molecule has 0 amide bonds. The van der Waals surface area contributed by atoms with Gasteiger partial charge in [0.05, 0.1) is 5.54 Å². The molecule has 1 aliphatic heterocycles. The monoisotopic (exact) mass is 165 g/mol. The van der Waals surface area contributed by atoms with Gasteiger partial charge in [-0.05, 0) is 31.7 Å². The Hall–Kier alpha value is -0.900. The average Bonchev–Trinajstić information content (AvgIpc) is 2.82. The number of hydrogen-bond acceptors (Lipinski definition) is 4. The lowest BCUT2D eigenvalue weighted by molar-refractivity contribution is 0.254. The Morgan fingerprint density at radius 1 is 1.67 bits per heavy atom. The molecule has 2 atom stereocenters. The summed E-state index contributed by atoms with van der Waals surface area (Å²) in [5.74, 6) is 1.61. The van der Waals surface area contributed by atoms with Crippen LogP contribution in [0.2, 0.25) is 0 Å².